The molecule has 20 heavy (non-hydrogen) atoms. The number of hydrogen-bond acceptors (Lipinski definition) is 3. The third-order valence-corrected chi connectivity index (χ3v) is 3.23. The standard InChI is InChI=1S/C14H15N5O/c1-3-9-8-12(19(2)18-9)14(20)15-13-10-6-4-5-7-11(10)16-17-13/h4-8H,3H2,1-2H3,(H2,15,16,17,20). The molecule has 6 nitrogen and oxygen atoms in total. The number of aromatic nitrogens is 4. The van der Waals surface area contributed by atoms with Crippen molar-refractivity contribution in [2.45, 2.75) is 13.3 Å². The van der Waals surface area contributed by atoms with Gasteiger partial charge in [-0.25, -0.2) is 0 Å². The largest absolute Gasteiger partial charge is 0.303 e. The Morgan fingerprint density at radius 2 is 2.20 bits per heavy atom. The van der Waals surface area contributed by atoms with Crippen LogP contribution in [0.25, 0.3) is 10.9 Å². The van der Waals surface area contributed by atoms with Crippen molar-refractivity contribution < 1.29 is 4.79 Å². The van der Waals surface area contributed by atoms with E-state index in [1.54, 1.807) is 17.8 Å². The minimum absolute atomic E-state index is 0.211. The molecule has 0 bridgehead atoms. The van der Waals surface area contributed by atoms with Gasteiger partial charge in [-0.15, -0.1) is 0 Å². The lowest BCUT2D eigenvalue weighted by atomic mass is 10.2. The number of aromatic amines is 1. The third-order valence-electron chi connectivity index (χ3n) is 3.23. The molecule has 2 aromatic heterocycles. The quantitative estimate of drug-likeness (QED) is 0.764. The van der Waals surface area contributed by atoms with Crippen LogP contribution in [0, 0.1) is 0 Å². The van der Waals surface area contributed by atoms with Crippen LogP contribution < -0.4 is 5.32 Å². The highest BCUT2D eigenvalue weighted by molar-refractivity contribution is 6.06. The normalized spacial score (nSPS) is 10.9. The van der Waals surface area contributed by atoms with Crippen LogP contribution in [0.2, 0.25) is 0 Å². The van der Waals surface area contributed by atoms with Gasteiger partial charge in [0.25, 0.3) is 5.91 Å². The van der Waals surface area contributed by atoms with Crippen LogP contribution in [-0.2, 0) is 13.5 Å². The highest BCUT2D eigenvalue weighted by Crippen LogP contribution is 2.20. The van der Waals surface area contributed by atoms with Gasteiger partial charge in [-0.3, -0.25) is 14.6 Å². The monoisotopic (exact) mass is 269 g/mol. The Morgan fingerprint density at radius 1 is 1.40 bits per heavy atom. The number of nitrogens with one attached hydrogen (secondary N) is 2. The molecule has 0 aliphatic carbocycles. The number of fused-ring (bicyclic) bond motifs is 1. The number of anilines is 1. The molecule has 0 spiro atoms. The molecule has 1 amide bonds. The van der Waals surface area contributed by atoms with Crippen molar-refractivity contribution in [3.63, 3.8) is 0 Å². The molecule has 102 valence electrons. The van der Waals surface area contributed by atoms with Gasteiger partial charge in [0, 0.05) is 12.4 Å². The molecule has 0 saturated carbocycles. The summed E-state index contributed by atoms with van der Waals surface area (Å²) in [5, 5.41) is 15.0. The lowest BCUT2D eigenvalue weighted by Crippen LogP contribution is -2.16. The van der Waals surface area contributed by atoms with Crippen LogP contribution in [0.5, 0.6) is 0 Å². The fourth-order valence-corrected chi connectivity index (χ4v) is 2.14. The second kappa shape index (κ2) is 4.80. The maximum Gasteiger partial charge on any atom is 0.275 e. The maximum absolute atomic E-state index is 12.3. The van der Waals surface area contributed by atoms with Crippen molar-refractivity contribution in [2.24, 2.45) is 7.05 Å². The Morgan fingerprint density at radius 3 is 2.95 bits per heavy atom. The number of carbonyl (C=O) groups is 1. The van der Waals surface area contributed by atoms with Gasteiger partial charge in [-0.05, 0) is 24.6 Å². The molecular weight excluding hydrogens is 254 g/mol. The number of para-hydroxylation sites is 1. The number of hydrogen-bond donors (Lipinski definition) is 2. The predicted octanol–water partition coefficient (Wildman–Crippen LogP) is 2.11. The molecule has 3 aromatic rings. The van der Waals surface area contributed by atoms with Crippen molar-refractivity contribution in [3.8, 4) is 0 Å². The van der Waals surface area contributed by atoms with Crippen LogP contribution in [-0.4, -0.2) is 25.9 Å². The summed E-state index contributed by atoms with van der Waals surface area (Å²) in [6, 6.07) is 9.45. The Balaban J connectivity index is 1.90. The lowest BCUT2D eigenvalue weighted by Gasteiger charge is -2.02. The summed E-state index contributed by atoms with van der Waals surface area (Å²) in [5.74, 6) is 0.321. The average Bonchev–Trinajstić information content (AvgIpc) is 3.03. The molecule has 0 unspecified atom stereocenters. The molecule has 2 heterocycles. The van der Waals surface area contributed by atoms with Gasteiger partial charge in [0.2, 0.25) is 0 Å². The SMILES string of the molecule is CCc1cc(C(=O)Nc2n[nH]c3ccccc23)n(C)n1. The van der Waals surface area contributed by atoms with Gasteiger partial charge in [-0.2, -0.15) is 10.2 Å². The van der Waals surface area contributed by atoms with E-state index in [0.29, 0.717) is 11.5 Å². The first kappa shape index (κ1) is 12.4. The fraction of sp³-hybridized carbons (Fsp3) is 0.214. The summed E-state index contributed by atoms with van der Waals surface area (Å²) in [5.41, 5.74) is 2.31. The molecule has 3 rings (SSSR count). The first-order valence-corrected chi connectivity index (χ1v) is 6.46. The number of rotatable bonds is 3. The van der Waals surface area contributed by atoms with Crippen LogP contribution in [0.4, 0.5) is 5.82 Å². The van der Waals surface area contributed by atoms with Crippen LogP contribution in [0.1, 0.15) is 23.1 Å². The summed E-state index contributed by atoms with van der Waals surface area (Å²) in [6.45, 7) is 2.01. The molecule has 6 heteroatoms. The van der Waals surface area contributed by atoms with E-state index >= 15 is 0 Å². The highest BCUT2D eigenvalue weighted by Gasteiger charge is 2.15. The van der Waals surface area contributed by atoms with Crippen LogP contribution in [0.15, 0.2) is 30.3 Å². The molecule has 0 aliphatic heterocycles. The molecule has 0 radical (unpaired) electrons. The predicted molar refractivity (Wildman–Crippen MR) is 76.6 cm³/mol. The highest BCUT2D eigenvalue weighted by atomic mass is 16.2. The number of aryl methyl sites for hydroxylation is 2. The second-order valence-electron chi connectivity index (χ2n) is 4.57. The van der Waals surface area contributed by atoms with E-state index in [-0.39, 0.29) is 5.91 Å². The lowest BCUT2D eigenvalue weighted by molar-refractivity contribution is 0.101. The number of amides is 1. The summed E-state index contributed by atoms with van der Waals surface area (Å²) in [6.07, 6.45) is 0.798. The van der Waals surface area contributed by atoms with E-state index in [2.05, 4.69) is 20.6 Å². The van der Waals surface area contributed by atoms with Crippen molar-refractivity contribution in [3.05, 3.63) is 41.7 Å². The van der Waals surface area contributed by atoms with Crippen molar-refractivity contribution in [1.82, 2.24) is 20.0 Å². The van der Waals surface area contributed by atoms with Crippen molar-refractivity contribution >= 4 is 22.6 Å². The van der Waals surface area contributed by atoms with Crippen molar-refractivity contribution in [1.29, 1.82) is 0 Å². The smallest absolute Gasteiger partial charge is 0.275 e. The average molecular weight is 269 g/mol. The molecule has 1 aromatic carbocycles. The molecule has 0 saturated heterocycles. The molecule has 0 fully saturated rings. The van der Waals surface area contributed by atoms with Gasteiger partial charge < -0.3 is 5.32 Å². The zero-order valence-corrected chi connectivity index (χ0v) is 11.3. The number of nitrogens with zero attached hydrogens (tertiary/aromatic N) is 3. The first-order chi connectivity index (χ1) is 9.69. The summed E-state index contributed by atoms with van der Waals surface area (Å²) in [7, 11) is 1.76. The van der Waals surface area contributed by atoms with E-state index in [9.17, 15) is 4.79 Å². The zero-order valence-electron chi connectivity index (χ0n) is 11.3. The minimum atomic E-state index is -0.211. The van der Waals surface area contributed by atoms with E-state index in [1.165, 1.54) is 0 Å². The Bertz CT molecular complexity index is 771. The van der Waals surface area contributed by atoms with Gasteiger partial charge in [0.15, 0.2) is 5.82 Å². The maximum atomic E-state index is 12.3. The fourth-order valence-electron chi connectivity index (χ4n) is 2.14. The summed E-state index contributed by atoms with van der Waals surface area (Å²) in [4.78, 5) is 12.3. The summed E-state index contributed by atoms with van der Waals surface area (Å²) >= 11 is 0. The molecule has 0 atom stereocenters. The van der Waals surface area contributed by atoms with E-state index in [0.717, 1.165) is 23.0 Å². The Kier molecular flexibility index (Phi) is 2.98. The van der Waals surface area contributed by atoms with Crippen LogP contribution in [0.3, 0.4) is 0 Å². The Labute approximate surface area is 115 Å². The topological polar surface area (TPSA) is 75.6 Å². The first-order valence-electron chi connectivity index (χ1n) is 6.46. The van der Waals surface area contributed by atoms with Gasteiger partial charge in [0.05, 0.1) is 11.2 Å². The zero-order chi connectivity index (χ0) is 14.1. The van der Waals surface area contributed by atoms with Crippen LogP contribution >= 0.6 is 0 Å². The summed E-state index contributed by atoms with van der Waals surface area (Å²) < 4.78 is 1.59. The van der Waals surface area contributed by atoms with Gasteiger partial charge in [0.1, 0.15) is 5.69 Å². The number of H-pyrrole nitrogens is 1. The molecule has 0 aliphatic rings. The molecular formula is C14H15N5O. The second-order valence-corrected chi connectivity index (χ2v) is 4.57. The number of carbonyl (C=O) groups excluding carboxylic acids is 1. The van der Waals surface area contributed by atoms with Gasteiger partial charge in [-0.1, -0.05) is 19.1 Å². The van der Waals surface area contributed by atoms with E-state index in [1.807, 2.05) is 31.2 Å². The Hall–Kier alpha value is -2.63. The van der Waals surface area contributed by atoms with Crippen molar-refractivity contribution in [2.75, 3.05) is 5.32 Å². The third kappa shape index (κ3) is 2.05. The van der Waals surface area contributed by atoms with E-state index in [4.69, 9.17) is 0 Å². The van der Waals surface area contributed by atoms with Gasteiger partial charge >= 0.3 is 0 Å². The molecule has 2 N–H and O–H groups in total. The van der Waals surface area contributed by atoms with E-state index < -0.39 is 0 Å². The minimum Gasteiger partial charge on any atom is -0.303 e. The number of benzene rings is 1.